The molecule has 0 saturated heterocycles. The summed E-state index contributed by atoms with van der Waals surface area (Å²) in [7, 11) is 1.84. The third-order valence-electron chi connectivity index (χ3n) is 4.14. The van der Waals surface area contributed by atoms with E-state index >= 15 is 0 Å². The van der Waals surface area contributed by atoms with Crippen LogP contribution in [0.2, 0.25) is 0 Å². The number of nitrogens with zero attached hydrogens (tertiary/aromatic N) is 1. The molecule has 0 heterocycles. The molecule has 4 nitrogen and oxygen atoms in total. The van der Waals surface area contributed by atoms with Crippen LogP contribution in [-0.2, 0) is 9.59 Å². The molecular weight excluding hydrogens is 218 g/mol. The van der Waals surface area contributed by atoms with E-state index in [2.05, 4.69) is 0 Å². The minimum absolute atomic E-state index is 0.0456. The van der Waals surface area contributed by atoms with Gasteiger partial charge in [0.25, 0.3) is 0 Å². The van der Waals surface area contributed by atoms with Crippen molar-refractivity contribution in [3.05, 3.63) is 0 Å². The second-order valence-electron chi connectivity index (χ2n) is 5.38. The van der Waals surface area contributed by atoms with Gasteiger partial charge in [0, 0.05) is 13.1 Å². The van der Waals surface area contributed by atoms with Gasteiger partial charge in [-0.25, -0.2) is 0 Å². The van der Waals surface area contributed by atoms with Crippen molar-refractivity contribution in [1.29, 1.82) is 0 Å². The molecule has 0 bridgehead atoms. The second kappa shape index (κ2) is 5.07. The van der Waals surface area contributed by atoms with Crippen molar-refractivity contribution in [3.8, 4) is 0 Å². The summed E-state index contributed by atoms with van der Waals surface area (Å²) >= 11 is 0. The van der Waals surface area contributed by atoms with Gasteiger partial charge in [-0.2, -0.15) is 0 Å². The van der Waals surface area contributed by atoms with Crippen molar-refractivity contribution in [1.82, 2.24) is 4.90 Å². The van der Waals surface area contributed by atoms with E-state index < -0.39 is 11.9 Å². The number of carboxylic acid groups (broad SMARTS) is 1. The van der Waals surface area contributed by atoms with E-state index in [0.29, 0.717) is 12.5 Å². The molecular formula is C13H21NO3. The van der Waals surface area contributed by atoms with Gasteiger partial charge in [-0.05, 0) is 19.3 Å². The molecule has 2 saturated carbocycles. The Morgan fingerprint density at radius 3 is 2.12 bits per heavy atom. The Kier molecular flexibility index (Phi) is 3.69. The molecule has 1 N–H and O–H groups in total. The average molecular weight is 239 g/mol. The fraction of sp³-hybridized carbons (Fsp3) is 0.846. The van der Waals surface area contributed by atoms with Gasteiger partial charge in [-0.1, -0.05) is 25.7 Å². The highest BCUT2D eigenvalue weighted by Crippen LogP contribution is 2.40. The van der Waals surface area contributed by atoms with Gasteiger partial charge in [-0.3, -0.25) is 9.59 Å². The third kappa shape index (κ3) is 2.79. The molecule has 0 aliphatic heterocycles. The molecule has 0 spiro atoms. The number of hydrogen-bond donors (Lipinski definition) is 1. The Labute approximate surface area is 102 Å². The van der Waals surface area contributed by atoms with Crippen LogP contribution in [0.1, 0.15) is 44.9 Å². The van der Waals surface area contributed by atoms with E-state index in [0.717, 1.165) is 12.8 Å². The average Bonchev–Trinajstić information content (AvgIpc) is 3.10. The summed E-state index contributed by atoms with van der Waals surface area (Å²) in [5, 5.41) is 8.84. The lowest BCUT2D eigenvalue weighted by molar-refractivity contribution is -0.142. The smallest absolute Gasteiger partial charge is 0.307 e. The molecule has 2 aliphatic carbocycles. The monoisotopic (exact) mass is 239 g/mol. The minimum atomic E-state index is -0.822. The first-order chi connectivity index (χ1) is 8.11. The summed E-state index contributed by atoms with van der Waals surface area (Å²) in [6.07, 6.45) is 7.59. The maximum atomic E-state index is 12.1. The highest BCUT2D eigenvalue weighted by molar-refractivity contribution is 5.89. The molecule has 17 heavy (non-hydrogen) atoms. The lowest BCUT2D eigenvalue weighted by atomic mass is 10.1. The third-order valence-corrected chi connectivity index (χ3v) is 4.14. The summed E-state index contributed by atoms with van der Waals surface area (Å²) < 4.78 is 0. The highest BCUT2D eigenvalue weighted by atomic mass is 16.4. The summed E-state index contributed by atoms with van der Waals surface area (Å²) in [4.78, 5) is 24.7. The van der Waals surface area contributed by atoms with Crippen LogP contribution in [0.15, 0.2) is 0 Å². The summed E-state index contributed by atoms with van der Waals surface area (Å²) in [5.41, 5.74) is 0. The van der Waals surface area contributed by atoms with Gasteiger partial charge >= 0.3 is 5.97 Å². The van der Waals surface area contributed by atoms with Crippen molar-refractivity contribution in [3.63, 3.8) is 0 Å². The number of hydrogen-bond acceptors (Lipinski definition) is 2. The van der Waals surface area contributed by atoms with Crippen LogP contribution < -0.4 is 0 Å². The zero-order valence-electron chi connectivity index (χ0n) is 10.4. The normalized spacial score (nSPS) is 29.5. The summed E-state index contributed by atoms with van der Waals surface area (Å²) in [6.45, 7) is 0. The quantitative estimate of drug-likeness (QED) is 0.765. The van der Waals surface area contributed by atoms with E-state index in [9.17, 15) is 9.59 Å². The van der Waals surface area contributed by atoms with Crippen LogP contribution in [0, 0.1) is 11.8 Å². The number of carbonyl (C=O) groups is 2. The van der Waals surface area contributed by atoms with Crippen LogP contribution in [-0.4, -0.2) is 35.0 Å². The minimum Gasteiger partial charge on any atom is -0.481 e. The molecule has 2 fully saturated rings. The second-order valence-corrected chi connectivity index (χ2v) is 5.38. The van der Waals surface area contributed by atoms with Gasteiger partial charge < -0.3 is 10.0 Å². The summed E-state index contributed by atoms with van der Waals surface area (Å²) in [5.74, 6) is -1.45. The van der Waals surface area contributed by atoms with E-state index in [-0.39, 0.29) is 11.8 Å². The Bertz CT molecular complexity index is 308. The molecule has 0 aromatic heterocycles. The lowest BCUT2D eigenvalue weighted by Gasteiger charge is -2.27. The van der Waals surface area contributed by atoms with E-state index in [4.69, 9.17) is 5.11 Å². The van der Waals surface area contributed by atoms with Crippen LogP contribution in [0.25, 0.3) is 0 Å². The zero-order chi connectivity index (χ0) is 12.4. The first-order valence-electron chi connectivity index (χ1n) is 6.60. The van der Waals surface area contributed by atoms with Gasteiger partial charge in [0.15, 0.2) is 0 Å². The molecule has 0 aromatic rings. The van der Waals surface area contributed by atoms with Gasteiger partial charge in [0.05, 0.1) is 11.8 Å². The molecule has 1 amide bonds. The largest absolute Gasteiger partial charge is 0.481 e. The van der Waals surface area contributed by atoms with E-state index in [1.807, 2.05) is 11.9 Å². The van der Waals surface area contributed by atoms with Gasteiger partial charge in [0.2, 0.25) is 5.91 Å². The zero-order valence-corrected chi connectivity index (χ0v) is 10.4. The number of carbonyl (C=O) groups excluding carboxylic acids is 1. The SMILES string of the molecule is CN(C(=O)[C@@H]1C[C@@H]1C(=O)O)C1CCCCCC1. The van der Waals surface area contributed by atoms with E-state index in [1.54, 1.807) is 0 Å². The molecule has 0 unspecified atom stereocenters. The molecule has 2 aliphatic rings. The Morgan fingerprint density at radius 1 is 1.06 bits per heavy atom. The van der Waals surface area contributed by atoms with Crippen molar-refractivity contribution >= 4 is 11.9 Å². The molecule has 0 radical (unpaired) electrons. The molecule has 96 valence electrons. The van der Waals surface area contributed by atoms with Crippen molar-refractivity contribution in [2.75, 3.05) is 7.05 Å². The Balaban J connectivity index is 1.88. The lowest BCUT2D eigenvalue weighted by Crippen LogP contribution is -2.38. The first-order valence-corrected chi connectivity index (χ1v) is 6.60. The Morgan fingerprint density at radius 2 is 1.65 bits per heavy atom. The van der Waals surface area contributed by atoms with E-state index in [1.165, 1.54) is 25.7 Å². The van der Waals surface area contributed by atoms with Crippen LogP contribution >= 0.6 is 0 Å². The molecule has 2 atom stereocenters. The van der Waals surface area contributed by atoms with Gasteiger partial charge in [-0.15, -0.1) is 0 Å². The summed E-state index contributed by atoms with van der Waals surface area (Å²) in [6, 6.07) is 0.333. The fourth-order valence-corrected chi connectivity index (χ4v) is 2.83. The number of aliphatic carboxylic acids is 1. The Hall–Kier alpha value is -1.06. The molecule has 2 rings (SSSR count). The molecule has 4 heteroatoms. The molecule has 0 aromatic carbocycles. The van der Waals surface area contributed by atoms with Crippen molar-refractivity contribution in [2.24, 2.45) is 11.8 Å². The van der Waals surface area contributed by atoms with Crippen LogP contribution in [0.3, 0.4) is 0 Å². The van der Waals surface area contributed by atoms with Gasteiger partial charge in [0.1, 0.15) is 0 Å². The predicted molar refractivity (Wildman–Crippen MR) is 63.5 cm³/mol. The number of rotatable bonds is 3. The fourth-order valence-electron chi connectivity index (χ4n) is 2.83. The van der Waals surface area contributed by atoms with Crippen LogP contribution in [0.5, 0.6) is 0 Å². The number of amides is 1. The maximum absolute atomic E-state index is 12.1. The first kappa shape index (κ1) is 12.4. The predicted octanol–water partition coefficient (Wildman–Crippen LogP) is 1.89. The standard InChI is InChI=1S/C13H21NO3/c1-14(9-6-4-2-3-5-7-9)12(15)10-8-11(10)13(16)17/h9-11H,2-8H2,1H3,(H,16,17)/t10-,11+/m1/s1. The topological polar surface area (TPSA) is 57.6 Å². The van der Waals surface area contributed by atoms with Crippen LogP contribution in [0.4, 0.5) is 0 Å². The maximum Gasteiger partial charge on any atom is 0.307 e. The highest BCUT2D eigenvalue weighted by Gasteiger charge is 2.49. The number of carboxylic acids is 1. The van der Waals surface area contributed by atoms with Crippen molar-refractivity contribution in [2.45, 2.75) is 51.0 Å². The van der Waals surface area contributed by atoms with Crippen molar-refractivity contribution < 1.29 is 14.7 Å².